The van der Waals surface area contributed by atoms with Gasteiger partial charge in [0.15, 0.2) is 5.78 Å². The van der Waals surface area contributed by atoms with Crippen molar-refractivity contribution in [1.29, 1.82) is 0 Å². The molecular formula is C41H46IrNO2Si-. The van der Waals surface area contributed by atoms with E-state index in [9.17, 15) is 9.90 Å². The SMILES string of the molecule is CC(C)(C)C(=O)/C=C(\O)C(C)(C)C.C[Si](C)(C)c1c(-c2[c-]ccc(-c3ccccc3)c2)nc2ccccc2c1-c1ccccc1.[Ir]. The van der Waals surface area contributed by atoms with Crippen molar-refractivity contribution in [3.8, 4) is 33.5 Å². The summed E-state index contributed by atoms with van der Waals surface area (Å²) in [5, 5.41) is 12.2. The van der Waals surface area contributed by atoms with Crippen LogP contribution in [-0.4, -0.2) is 23.9 Å². The van der Waals surface area contributed by atoms with Gasteiger partial charge in [0.1, 0.15) is 5.76 Å². The topological polar surface area (TPSA) is 50.2 Å². The third kappa shape index (κ3) is 9.00. The van der Waals surface area contributed by atoms with Gasteiger partial charge >= 0.3 is 0 Å². The number of allylic oxidation sites excluding steroid dienone is 2. The number of para-hydroxylation sites is 1. The number of fused-ring (bicyclic) bond motifs is 1. The Morgan fingerprint density at radius 3 is 1.83 bits per heavy atom. The van der Waals surface area contributed by atoms with Crippen LogP contribution in [0.1, 0.15) is 41.5 Å². The standard InChI is InChI=1S/C30H26NSi.C11H20O2.Ir/c1-32(2,3)30-28(23-15-8-5-9-16-23)26-19-10-11-20-27(26)31-29(30)25-18-12-17-24(21-25)22-13-6-4-7-14-22;1-10(2,3)8(12)7-9(13)11(4,5)6;/h4-17,19-21H,1-3H3;7,12H,1-6H3;/q-1;;/b;8-7-;. The molecule has 0 saturated carbocycles. The maximum atomic E-state index is 11.5. The summed E-state index contributed by atoms with van der Waals surface area (Å²) in [5.74, 6) is 0.104. The molecular weight excluding hydrogens is 759 g/mol. The summed E-state index contributed by atoms with van der Waals surface area (Å²) in [7, 11) is -1.78. The number of rotatable bonds is 5. The zero-order chi connectivity index (χ0) is 33.0. The van der Waals surface area contributed by atoms with E-state index in [1.165, 1.54) is 38.9 Å². The molecule has 0 bridgehead atoms. The normalized spacial score (nSPS) is 12.2. The summed E-state index contributed by atoms with van der Waals surface area (Å²) in [5.41, 5.74) is 7.37. The van der Waals surface area contributed by atoms with Gasteiger partial charge in [-0.3, -0.25) is 9.78 Å². The fourth-order valence-corrected chi connectivity index (χ4v) is 6.94. The third-order valence-electron chi connectivity index (χ3n) is 7.64. The first-order valence-corrected chi connectivity index (χ1v) is 19.1. The number of hydrogen-bond donors (Lipinski definition) is 1. The minimum atomic E-state index is -1.78. The van der Waals surface area contributed by atoms with E-state index in [0.717, 1.165) is 16.8 Å². The maximum Gasteiger partial charge on any atom is 0.164 e. The molecule has 1 radical (unpaired) electrons. The molecule has 4 aromatic carbocycles. The second kappa shape index (κ2) is 14.9. The Morgan fingerprint density at radius 1 is 0.739 bits per heavy atom. The van der Waals surface area contributed by atoms with Crippen molar-refractivity contribution in [2.75, 3.05) is 0 Å². The Balaban J connectivity index is 0.000000352. The van der Waals surface area contributed by atoms with Gasteiger partial charge in [0.05, 0.1) is 13.6 Å². The van der Waals surface area contributed by atoms with Crippen molar-refractivity contribution in [1.82, 2.24) is 4.98 Å². The number of hydrogen-bond acceptors (Lipinski definition) is 3. The molecule has 0 aliphatic carbocycles. The molecule has 0 unspecified atom stereocenters. The zero-order valence-corrected chi connectivity index (χ0v) is 31.9. The number of carbonyl (C=O) groups is 1. The van der Waals surface area contributed by atoms with Crippen LogP contribution in [0.3, 0.4) is 0 Å². The van der Waals surface area contributed by atoms with Crippen LogP contribution < -0.4 is 5.19 Å². The van der Waals surface area contributed by atoms with E-state index in [2.05, 4.69) is 123 Å². The fraction of sp³-hybridized carbons (Fsp3) is 0.268. The number of carbonyl (C=O) groups excluding carboxylic acids is 1. The number of benzene rings is 4. The summed E-state index contributed by atoms with van der Waals surface area (Å²) >= 11 is 0. The maximum absolute atomic E-state index is 11.5. The van der Waals surface area contributed by atoms with E-state index in [1.54, 1.807) is 0 Å². The average Bonchev–Trinajstić information content (AvgIpc) is 3.00. The Morgan fingerprint density at radius 2 is 1.28 bits per heavy atom. The molecule has 5 aromatic rings. The monoisotopic (exact) mass is 805 g/mol. The van der Waals surface area contributed by atoms with E-state index in [4.69, 9.17) is 4.98 Å². The van der Waals surface area contributed by atoms with Crippen LogP contribution in [0.25, 0.3) is 44.4 Å². The fourth-order valence-electron chi connectivity index (χ4n) is 5.01. The third-order valence-corrected chi connectivity index (χ3v) is 9.63. The molecule has 0 spiro atoms. The molecule has 46 heavy (non-hydrogen) atoms. The number of ketones is 1. The van der Waals surface area contributed by atoms with Crippen LogP contribution in [0.15, 0.2) is 115 Å². The minimum Gasteiger partial charge on any atom is -0.512 e. The number of nitrogens with zero attached hydrogens (tertiary/aromatic N) is 1. The summed E-state index contributed by atoms with van der Waals surface area (Å²) in [6.07, 6.45) is 1.33. The van der Waals surface area contributed by atoms with Gasteiger partial charge in [0.25, 0.3) is 0 Å². The second-order valence-electron chi connectivity index (χ2n) is 14.6. The Bertz CT molecular complexity index is 1810. The Hall–Kier alpha value is -3.63. The molecule has 0 saturated heterocycles. The van der Waals surface area contributed by atoms with E-state index in [-0.39, 0.29) is 37.1 Å². The van der Waals surface area contributed by atoms with E-state index in [1.807, 2.05) is 47.6 Å². The van der Waals surface area contributed by atoms with Gasteiger partial charge in [-0.05, 0) is 28.5 Å². The Labute approximate surface area is 290 Å². The molecule has 5 rings (SSSR count). The Kier molecular flexibility index (Phi) is 11.9. The predicted octanol–water partition coefficient (Wildman–Crippen LogP) is 10.7. The van der Waals surface area contributed by atoms with Gasteiger partial charge in [-0.25, -0.2) is 0 Å². The van der Waals surface area contributed by atoms with Crippen LogP contribution in [0.4, 0.5) is 0 Å². The van der Waals surface area contributed by atoms with Gasteiger partial charge in [0, 0.05) is 42.4 Å². The van der Waals surface area contributed by atoms with Crippen LogP contribution >= 0.6 is 0 Å². The van der Waals surface area contributed by atoms with Crippen molar-refractivity contribution >= 4 is 29.9 Å². The average molecular weight is 805 g/mol. The summed E-state index contributed by atoms with van der Waals surface area (Å²) in [6.45, 7) is 18.4. The number of aromatic nitrogens is 1. The molecule has 5 heteroatoms. The number of aliphatic hydroxyl groups excluding tert-OH is 1. The van der Waals surface area contributed by atoms with Crippen LogP contribution in [0.2, 0.25) is 19.6 Å². The quantitative estimate of drug-likeness (QED) is 0.0833. The van der Waals surface area contributed by atoms with E-state index < -0.39 is 13.5 Å². The van der Waals surface area contributed by atoms with Crippen LogP contribution in [-0.2, 0) is 24.9 Å². The van der Waals surface area contributed by atoms with Crippen LogP contribution in [0, 0.1) is 16.9 Å². The van der Waals surface area contributed by atoms with Crippen molar-refractivity contribution in [3.05, 3.63) is 121 Å². The van der Waals surface area contributed by atoms with Crippen molar-refractivity contribution in [2.24, 2.45) is 10.8 Å². The molecule has 1 heterocycles. The second-order valence-corrected chi connectivity index (χ2v) is 19.6. The minimum absolute atomic E-state index is 0. The van der Waals surface area contributed by atoms with Crippen molar-refractivity contribution < 1.29 is 30.0 Å². The first-order chi connectivity index (χ1) is 21.1. The first-order valence-electron chi connectivity index (χ1n) is 15.6. The van der Waals surface area contributed by atoms with Gasteiger partial charge in [-0.2, -0.15) is 0 Å². The van der Waals surface area contributed by atoms with Gasteiger partial charge in [-0.1, -0.05) is 145 Å². The predicted molar refractivity (Wildman–Crippen MR) is 194 cm³/mol. The molecule has 1 N–H and O–H groups in total. The molecule has 0 aliphatic heterocycles. The first kappa shape index (κ1) is 36.8. The molecule has 0 amide bonds. The largest absolute Gasteiger partial charge is 0.512 e. The molecule has 1 aromatic heterocycles. The van der Waals surface area contributed by atoms with Gasteiger partial charge in [0.2, 0.25) is 0 Å². The van der Waals surface area contributed by atoms with E-state index >= 15 is 0 Å². The summed E-state index contributed by atoms with van der Waals surface area (Å²) in [4.78, 5) is 16.7. The summed E-state index contributed by atoms with van der Waals surface area (Å²) < 4.78 is 0. The molecule has 241 valence electrons. The smallest absolute Gasteiger partial charge is 0.164 e. The zero-order valence-electron chi connectivity index (χ0n) is 28.5. The van der Waals surface area contributed by atoms with E-state index in [0.29, 0.717) is 0 Å². The molecule has 0 atom stereocenters. The van der Waals surface area contributed by atoms with Crippen LogP contribution in [0.5, 0.6) is 0 Å². The number of aliphatic hydroxyl groups is 1. The number of pyridine rings is 1. The molecule has 0 fully saturated rings. The van der Waals surface area contributed by atoms with Crippen molar-refractivity contribution in [2.45, 2.75) is 61.2 Å². The van der Waals surface area contributed by atoms with Crippen molar-refractivity contribution in [3.63, 3.8) is 0 Å². The molecule has 0 aliphatic rings. The summed E-state index contributed by atoms with van der Waals surface area (Å²) in [6, 6.07) is 39.8. The molecule has 3 nitrogen and oxygen atoms in total. The van der Waals surface area contributed by atoms with Gasteiger partial charge in [-0.15, -0.1) is 35.4 Å². The van der Waals surface area contributed by atoms with Gasteiger partial charge < -0.3 is 5.11 Å².